The van der Waals surface area contributed by atoms with Gasteiger partial charge in [-0.25, -0.2) is 0 Å². The molecule has 1 aromatic rings. The minimum atomic E-state index is 0.0895. The SMILES string of the molecule is CCCc1c(N)cc(C#N)n1CC(=O)N1CCCC[C@@H]1C. The fourth-order valence-corrected chi connectivity index (χ4v) is 3.09. The van der Waals surface area contributed by atoms with E-state index in [1.807, 2.05) is 4.90 Å². The van der Waals surface area contributed by atoms with Crippen molar-refractivity contribution in [1.82, 2.24) is 9.47 Å². The molecule has 21 heavy (non-hydrogen) atoms. The lowest BCUT2D eigenvalue weighted by molar-refractivity contribution is -0.135. The molecule has 1 aliphatic rings. The van der Waals surface area contributed by atoms with Crippen molar-refractivity contribution in [2.24, 2.45) is 0 Å². The summed E-state index contributed by atoms with van der Waals surface area (Å²) in [5.74, 6) is 0.0895. The van der Waals surface area contributed by atoms with Crippen molar-refractivity contribution in [3.05, 3.63) is 17.5 Å². The van der Waals surface area contributed by atoms with E-state index >= 15 is 0 Å². The summed E-state index contributed by atoms with van der Waals surface area (Å²) < 4.78 is 1.79. The number of amides is 1. The van der Waals surface area contributed by atoms with Gasteiger partial charge in [-0.1, -0.05) is 13.3 Å². The summed E-state index contributed by atoms with van der Waals surface area (Å²) in [5, 5.41) is 9.25. The van der Waals surface area contributed by atoms with E-state index in [4.69, 9.17) is 5.73 Å². The molecule has 2 rings (SSSR count). The van der Waals surface area contributed by atoms with Gasteiger partial charge in [0.1, 0.15) is 18.3 Å². The monoisotopic (exact) mass is 288 g/mol. The van der Waals surface area contributed by atoms with E-state index in [-0.39, 0.29) is 12.5 Å². The molecule has 1 saturated heterocycles. The topological polar surface area (TPSA) is 75.0 Å². The Bertz CT molecular complexity index is 555. The zero-order chi connectivity index (χ0) is 15.4. The van der Waals surface area contributed by atoms with E-state index in [1.54, 1.807) is 10.6 Å². The second-order valence-electron chi connectivity index (χ2n) is 5.81. The fraction of sp³-hybridized carbons (Fsp3) is 0.625. The Balaban J connectivity index is 2.22. The lowest BCUT2D eigenvalue weighted by Crippen LogP contribution is -2.43. The van der Waals surface area contributed by atoms with Crippen LogP contribution < -0.4 is 5.73 Å². The maximum absolute atomic E-state index is 12.6. The van der Waals surface area contributed by atoms with Gasteiger partial charge in [0.2, 0.25) is 5.91 Å². The number of carbonyl (C=O) groups excluding carboxylic acids is 1. The van der Waals surface area contributed by atoms with Gasteiger partial charge in [0.15, 0.2) is 0 Å². The number of carbonyl (C=O) groups is 1. The van der Waals surface area contributed by atoms with Crippen LogP contribution in [0.5, 0.6) is 0 Å². The maximum Gasteiger partial charge on any atom is 0.242 e. The molecule has 0 aliphatic carbocycles. The van der Waals surface area contributed by atoms with Crippen molar-refractivity contribution < 1.29 is 4.79 Å². The summed E-state index contributed by atoms with van der Waals surface area (Å²) >= 11 is 0. The number of nitriles is 1. The third kappa shape index (κ3) is 3.21. The average Bonchev–Trinajstić information content (AvgIpc) is 2.76. The summed E-state index contributed by atoms with van der Waals surface area (Å²) in [6.07, 6.45) is 5.04. The first-order chi connectivity index (χ1) is 10.1. The Labute approximate surface area is 126 Å². The average molecular weight is 288 g/mol. The molecule has 1 aliphatic heterocycles. The molecule has 114 valence electrons. The molecule has 0 bridgehead atoms. The van der Waals surface area contributed by atoms with Crippen molar-refractivity contribution in [3.8, 4) is 6.07 Å². The predicted molar refractivity (Wildman–Crippen MR) is 82.6 cm³/mol. The first kappa shape index (κ1) is 15.4. The highest BCUT2D eigenvalue weighted by Crippen LogP contribution is 2.22. The highest BCUT2D eigenvalue weighted by Gasteiger charge is 2.24. The van der Waals surface area contributed by atoms with Crippen LogP contribution in [-0.4, -0.2) is 28.0 Å². The molecular formula is C16H24N4O. The zero-order valence-electron chi connectivity index (χ0n) is 12.9. The van der Waals surface area contributed by atoms with Crippen LogP contribution >= 0.6 is 0 Å². The number of nitrogen functional groups attached to an aromatic ring is 1. The van der Waals surface area contributed by atoms with Gasteiger partial charge in [-0.3, -0.25) is 4.79 Å². The summed E-state index contributed by atoms with van der Waals surface area (Å²) in [6, 6.07) is 4.12. The minimum absolute atomic E-state index is 0.0895. The molecule has 5 nitrogen and oxygen atoms in total. The number of likely N-dealkylation sites (tertiary alicyclic amines) is 1. The van der Waals surface area contributed by atoms with Gasteiger partial charge in [-0.05, 0) is 38.7 Å². The van der Waals surface area contributed by atoms with Crippen LogP contribution in [0.1, 0.15) is 50.9 Å². The lowest BCUT2D eigenvalue weighted by Gasteiger charge is -2.33. The highest BCUT2D eigenvalue weighted by atomic mass is 16.2. The Kier molecular flexibility index (Phi) is 4.89. The van der Waals surface area contributed by atoms with Crippen molar-refractivity contribution in [2.75, 3.05) is 12.3 Å². The molecule has 1 fully saturated rings. The van der Waals surface area contributed by atoms with Crippen LogP contribution in [0.2, 0.25) is 0 Å². The summed E-state index contributed by atoms with van der Waals surface area (Å²) in [6.45, 7) is 5.21. The van der Waals surface area contributed by atoms with Gasteiger partial charge >= 0.3 is 0 Å². The molecule has 1 atom stereocenters. The van der Waals surface area contributed by atoms with Crippen molar-refractivity contribution in [2.45, 2.75) is 58.5 Å². The Morgan fingerprint density at radius 1 is 1.52 bits per heavy atom. The molecule has 0 unspecified atom stereocenters. The summed E-state index contributed by atoms with van der Waals surface area (Å²) in [7, 11) is 0. The predicted octanol–water partition coefficient (Wildman–Crippen LogP) is 2.30. The quantitative estimate of drug-likeness (QED) is 0.923. The third-order valence-corrected chi connectivity index (χ3v) is 4.26. The maximum atomic E-state index is 12.6. The molecule has 1 amide bonds. The molecule has 2 heterocycles. The smallest absolute Gasteiger partial charge is 0.242 e. The van der Waals surface area contributed by atoms with Crippen LogP contribution in [0, 0.1) is 11.3 Å². The number of aromatic nitrogens is 1. The molecular weight excluding hydrogens is 264 g/mol. The van der Waals surface area contributed by atoms with Crippen LogP contribution in [0.3, 0.4) is 0 Å². The first-order valence-electron chi connectivity index (χ1n) is 7.76. The Hall–Kier alpha value is -1.96. The lowest BCUT2D eigenvalue weighted by atomic mass is 10.0. The molecule has 0 radical (unpaired) electrons. The number of hydrogen-bond acceptors (Lipinski definition) is 3. The second-order valence-corrected chi connectivity index (χ2v) is 5.81. The van der Waals surface area contributed by atoms with E-state index in [0.29, 0.717) is 17.4 Å². The number of piperidine rings is 1. The van der Waals surface area contributed by atoms with Gasteiger partial charge in [0.25, 0.3) is 0 Å². The molecule has 1 aromatic heterocycles. The number of hydrogen-bond donors (Lipinski definition) is 1. The minimum Gasteiger partial charge on any atom is -0.397 e. The van der Waals surface area contributed by atoms with Crippen molar-refractivity contribution in [1.29, 1.82) is 5.26 Å². The third-order valence-electron chi connectivity index (χ3n) is 4.26. The van der Waals surface area contributed by atoms with Gasteiger partial charge in [-0.2, -0.15) is 5.26 Å². The Morgan fingerprint density at radius 2 is 2.29 bits per heavy atom. The van der Waals surface area contributed by atoms with E-state index in [1.165, 1.54) is 6.42 Å². The summed E-state index contributed by atoms with van der Waals surface area (Å²) in [5.41, 5.74) is 8.00. The highest BCUT2D eigenvalue weighted by molar-refractivity contribution is 5.77. The van der Waals surface area contributed by atoms with Gasteiger partial charge in [0, 0.05) is 18.3 Å². The number of nitrogens with zero attached hydrogens (tertiary/aromatic N) is 3. The van der Waals surface area contributed by atoms with Crippen LogP contribution in [0.4, 0.5) is 5.69 Å². The Morgan fingerprint density at radius 3 is 2.90 bits per heavy atom. The van der Waals surface area contributed by atoms with Crippen LogP contribution in [0.25, 0.3) is 0 Å². The fourth-order valence-electron chi connectivity index (χ4n) is 3.09. The van der Waals surface area contributed by atoms with E-state index in [2.05, 4.69) is 19.9 Å². The standard InChI is InChI=1S/C16H24N4O/c1-3-6-15-14(18)9-13(10-17)20(15)11-16(21)19-8-5-4-7-12(19)2/h9,12H,3-8,11,18H2,1-2H3/t12-/m0/s1. The molecule has 0 aromatic carbocycles. The van der Waals surface area contributed by atoms with Crippen molar-refractivity contribution >= 4 is 11.6 Å². The van der Waals surface area contributed by atoms with E-state index in [9.17, 15) is 10.1 Å². The van der Waals surface area contributed by atoms with Crippen LogP contribution in [-0.2, 0) is 17.8 Å². The van der Waals surface area contributed by atoms with Gasteiger partial charge in [-0.15, -0.1) is 0 Å². The second kappa shape index (κ2) is 6.66. The van der Waals surface area contributed by atoms with Crippen LogP contribution in [0.15, 0.2) is 6.07 Å². The molecule has 2 N–H and O–H groups in total. The normalized spacial score (nSPS) is 18.5. The number of rotatable bonds is 4. The van der Waals surface area contributed by atoms with E-state index in [0.717, 1.165) is 37.9 Å². The van der Waals surface area contributed by atoms with E-state index < -0.39 is 0 Å². The first-order valence-corrected chi connectivity index (χ1v) is 7.76. The number of nitrogens with two attached hydrogens (primary N) is 1. The van der Waals surface area contributed by atoms with Gasteiger partial charge in [0.05, 0.1) is 5.69 Å². The number of anilines is 1. The molecule has 5 heteroatoms. The summed E-state index contributed by atoms with van der Waals surface area (Å²) in [4.78, 5) is 14.5. The van der Waals surface area contributed by atoms with Gasteiger partial charge < -0.3 is 15.2 Å². The molecule has 0 spiro atoms. The van der Waals surface area contributed by atoms with Crippen molar-refractivity contribution in [3.63, 3.8) is 0 Å². The largest absolute Gasteiger partial charge is 0.397 e. The zero-order valence-corrected chi connectivity index (χ0v) is 12.9. The molecule has 0 saturated carbocycles.